The molecule has 2 aromatic carbocycles. The average Bonchev–Trinajstić information content (AvgIpc) is 2.48. The molecule has 0 spiro atoms. The van der Waals surface area contributed by atoms with E-state index in [-0.39, 0.29) is 6.42 Å². The van der Waals surface area contributed by atoms with Crippen molar-refractivity contribution < 1.29 is 9.90 Å². The maximum atomic E-state index is 10.8. The second-order valence-electron chi connectivity index (χ2n) is 5.27. The van der Waals surface area contributed by atoms with Crippen LogP contribution in [-0.2, 0) is 17.9 Å². The van der Waals surface area contributed by atoms with Gasteiger partial charge in [0.2, 0.25) is 0 Å². The Kier molecular flexibility index (Phi) is 5.52. The normalized spacial score (nSPS) is 10.8. The fourth-order valence-electron chi connectivity index (χ4n) is 2.34. The maximum absolute atomic E-state index is 10.8. The van der Waals surface area contributed by atoms with E-state index in [1.165, 1.54) is 16.7 Å². The number of rotatable bonds is 7. The Morgan fingerprint density at radius 2 is 1.67 bits per heavy atom. The molecule has 2 rings (SSSR count). The molecular formula is C18H21NO2. The molecule has 2 aromatic rings. The van der Waals surface area contributed by atoms with E-state index in [2.05, 4.69) is 36.1 Å². The van der Waals surface area contributed by atoms with Gasteiger partial charge in [0.1, 0.15) is 0 Å². The molecule has 0 aliphatic carbocycles. The summed E-state index contributed by atoms with van der Waals surface area (Å²) in [6.07, 6.45) is 0.165. The van der Waals surface area contributed by atoms with E-state index in [4.69, 9.17) is 5.11 Å². The monoisotopic (exact) mass is 283 g/mol. The van der Waals surface area contributed by atoms with Gasteiger partial charge in [0.15, 0.2) is 0 Å². The number of hydrogen-bond acceptors (Lipinski definition) is 2. The van der Waals surface area contributed by atoms with Gasteiger partial charge in [0.25, 0.3) is 0 Å². The van der Waals surface area contributed by atoms with Crippen LogP contribution in [0.4, 0.5) is 0 Å². The van der Waals surface area contributed by atoms with Gasteiger partial charge >= 0.3 is 5.97 Å². The molecule has 0 amide bonds. The second-order valence-corrected chi connectivity index (χ2v) is 5.27. The lowest BCUT2D eigenvalue weighted by atomic mass is 10.1. The fourth-order valence-corrected chi connectivity index (χ4v) is 2.34. The van der Waals surface area contributed by atoms with Crippen molar-refractivity contribution in [1.82, 2.24) is 4.90 Å². The highest BCUT2D eigenvalue weighted by molar-refractivity contribution is 5.66. The first-order valence-electron chi connectivity index (χ1n) is 7.18. The maximum Gasteiger partial charge on any atom is 0.304 e. The summed E-state index contributed by atoms with van der Waals surface area (Å²) in [5, 5.41) is 8.92. The Morgan fingerprint density at radius 1 is 1.00 bits per heavy atom. The molecule has 1 N–H and O–H groups in total. The van der Waals surface area contributed by atoms with Crippen LogP contribution in [0.15, 0.2) is 54.6 Å². The first-order valence-corrected chi connectivity index (χ1v) is 7.18. The molecular weight excluding hydrogens is 262 g/mol. The van der Waals surface area contributed by atoms with Crippen molar-refractivity contribution in [2.45, 2.75) is 26.4 Å². The number of benzene rings is 2. The zero-order valence-corrected chi connectivity index (χ0v) is 12.3. The summed E-state index contributed by atoms with van der Waals surface area (Å²) in [5.74, 6) is -0.752. The molecule has 0 radical (unpaired) electrons. The summed E-state index contributed by atoms with van der Waals surface area (Å²) in [6, 6.07) is 18.4. The summed E-state index contributed by atoms with van der Waals surface area (Å²) in [6.45, 7) is 4.18. The Hall–Kier alpha value is -2.13. The summed E-state index contributed by atoms with van der Waals surface area (Å²) >= 11 is 0. The quantitative estimate of drug-likeness (QED) is 0.846. The third-order valence-corrected chi connectivity index (χ3v) is 3.55. The van der Waals surface area contributed by atoms with Crippen molar-refractivity contribution in [2.75, 3.05) is 6.54 Å². The smallest absolute Gasteiger partial charge is 0.304 e. The minimum atomic E-state index is -0.752. The Balaban J connectivity index is 2.08. The highest BCUT2D eigenvalue weighted by Gasteiger charge is 2.10. The fraction of sp³-hybridized carbons (Fsp3) is 0.278. The van der Waals surface area contributed by atoms with Gasteiger partial charge in [0, 0.05) is 19.6 Å². The van der Waals surface area contributed by atoms with Crippen molar-refractivity contribution in [1.29, 1.82) is 0 Å². The summed E-state index contributed by atoms with van der Waals surface area (Å²) in [7, 11) is 0. The van der Waals surface area contributed by atoms with Crippen molar-refractivity contribution >= 4 is 5.97 Å². The molecule has 0 aliphatic heterocycles. The summed E-state index contributed by atoms with van der Waals surface area (Å²) in [5.41, 5.74) is 3.70. The number of aliphatic carboxylic acids is 1. The van der Waals surface area contributed by atoms with Crippen LogP contribution in [0.2, 0.25) is 0 Å². The number of aryl methyl sites for hydroxylation is 1. The molecule has 0 bridgehead atoms. The Bertz CT molecular complexity index is 581. The zero-order chi connectivity index (χ0) is 15.1. The summed E-state index contributed by atoms with van der Waals surface area (Å²) < 4.78 is 0. The largest absolute Gasteiger partial charge is 0.481 e. The standard InChI is InChI=1S/C18H21NO2/c1-15-7-5-6-10-17(15)14-19(12-11-18(20)21)13-16-8-3-2-4-9-16/h2-10H,11-14H2,1H3,(H,20,21). The van der Waals surface area contributed by atoms with E-state index >= 15 is 0 Å². The molecule has 0 aliphatic rings. The van der Waals surface area contributed by atoms with Gasteiger partial charge in [-0.15, -0.1) is 0 Å². The SMILES string of the molecule is Cc1ccccc1CN(CCC(=O)O)Cc1ccccc1. The van der Waals surface area contributed by atoms with E-state index in [0.29, 0.717) is 6.54 Å². The molecule has 3 heteroatoms. The zero-order valence-electron chi connectivity index (χ0n) is 12.3. The van der Waals surface area contributed by atoms with E-state index in [1.54, 1.807) is 0 Å². The van der Waals surface area contributed by atoms with Crippen LogP contribution >= 0.6 is 0 Å². The topological polar surface area (TPSA) is 40.5 Å². The molecule has 0 saturated heterocycles. The minimum absolute atomic E-state index is 0.165. The van der Waals surface area contributed by atoms with Gasteiger partial charge in [-0.25, -0.2) is 0 Å². The van der Waals surface area contributed by atoms with Gasteiger partial charge in [-0.05, 0) is 23.6 Å². The molecule has 0 unspecified atom stereocenters. The van der Waals surface area contributed by atoms with Crippen LogP contribution in [-0.4, -0.2) is 22.5 Å². The average molecular weight is 283 g/mol. The molecule has 110 valence electrons. The number of nitrogens with zero attached hydrogens (tertiary/aromatic N) is 1. The van der Waals surface area contributed by atoms with Crippen molar-refractivity contribution in [2.24, 2.45) is 0 Å². The van der Waals surface area contributed by atoms with Gasteiger partial charge in [-0.2, -0.15) is 0 Å². The van der Waals surface area contributed by atoms with Crippen LogP contribution < -0.4 is 0 Å². The van der Waals surface area contributed by atoms with Crippen LogP contribution in [0.3, 0.4) is 0 Å². The third-order valence-electron chi connectivity index (χ3n) is 3.55. The summed E-state index contributed by atoms with van der Waals surface area (Å²) in [4.78, 5) is 13.0. The number of carboxylic acids is 1. The van der Waals surface area contributed by atoms with Crippen molar-refractivity contribution in [3.8, 4) is 0 Å². The van der Waals surface area contributed by atoms with Gasteiger partial charge in [-0.3, -0.25) is 9.69 Å². The lowest BCUT2D eigenvalue weighted by molar-refractivity contribution is -0.137. The van der Waals surface area contributed by atoms with Crippen molar-refractivity contribution in [3.63, 3.8) is 0 Å². The molecule has 0 aromatic heterocycles. The van der Waals surface area contributed by atoms with E-state index < -0.39 is 5.97 Å². The molecule has 0 heterocycles. The Morgan fingerprint density at radius 3 is 2.33 bits per heavy atom. The van der Waals surface area contributed by atoms with Crippen LogP contribution in [0.1, 0.15) is 23.1 Å². The molecule has 0 fully saturated rings. The molecule has 0 saturated carbocycles. The molecule has 0 atom stereocenters. The predicted molar refractivity (Wildman–Crippen MR) is 84.0 cm³/mol. The first-order chi connectivity index (χ1) is 10.1. The van der Waals surface area contributed by atoms with Crippen LogP contribution in [0.5, 0.6) is 0 Å². The molecule has 3 nitrogen and oxygen atoms in total. The lowest BCUT2D eigenvalue weighted by Gasteiger charge is -2.22. The van der Waals surface area contributed by atoms with Gasteiger partial charge in [0.05, 0.1) is 6.42 Å². The van der Waals surface area contributed by atoms with E-state index in [1.807, 2.05) is 30.3 Å². The van der Waals surface area contributed by atoms with E-state index in [9.17, 15) is 4.79 Å². The highest BCUT2D eigenvalue weighted by atomic mass is 16.4. The van der Waals surface area contributed by atoms with Crippen LogP contribution in [0, 0.1) is 6.92 Å². The van der Waals surface area contributed by atoms with Gasteiger partial charge in [-0.1, -0.05) is 54.6 Å². The predicted octanol–water partition coefficient (Wildman–Crippen LogP) is 3.47. The number of carbonyl (C=O) groups is 1. The van der Waals surface area contributed by atoms with Gasteiger partial charge < -0.3 is 5.11 Å². The lowest BCUT2D eigenvalue weighted by Crippen LogP contribution is -2.26. The Labute approximate surface area is 125 Å². The van der Waals surface area contributed by atoms with E-state index in [0.717, 1.165) is 13.1 Å². The number of carboxylic acid groups (broad SMARTS) is 1. The third kappa shape index (κ3) is 5.04. The minimum Gasteiger partial charge on any atom is -0.481 e. The molecule has 21 heavy (non-hydrogen) atoms. The van der Waals surface area contributed by atoms with Crippen LogP contribution in [0.25, 0.3) is 0 Å². The highest BCUT2D eigenvalue weighted by Crippen LogP contribution is 2.13. The number of hydrogen-bond donors (Lipinski definition) is 1. The second kappa shape index (κ2) is 7.60. The first kappa shape index (κ1) is 15.3. The van der Waals surface area contributed by atoms with Crippen molar-refractivity contribution in [3.05, 3.63) is 71.3 Å².